The zero-order valence-corrected chi connectivity index (χ0v) is 19.5. The molecule has 2 aromatic carbocycles. The summed E-state index contributed by atoms with van der Waals surface area (Å²) in [4.78, 5) is 12.4. The zero-order chi connectivity index (χ0) is 24.8. The molecule has 2 aromatic rings. The lowest BCUT2D eigenvalue weighted by Gasteiger charge is -2.44. The molecule has 4 N–H and O–H groups in total. The number of benzene rings is 2. The molecule has 2 aliphatic rings. The lowest BCUT2D eigenvalue weighted by Crippen LogP contribution is -2.56. The molecule has 0 radical (unpaired) electrons. The summed E-state index contributed by atoms with van der Waals surface area (Å²) < 4.78 is 53.5. The molecule has 0 aromatic heterocycles. The summed E-state index contributed by atoms with van der Waals surface area (Å²) in [7, 11) is -4.02. The Morgan fingerprint density at radius 1 is 1.12 bits per heavy atom. The van der Waals surface area contributed by atoms with Crippen molar-refractivity contribution in [2.24, 2.45) is 11.8 Å². The summed E-state index contributed by atoms with van der Waals surface area (Å²) >= 11 is 6.20. The van der Waals surface area contributed by atoms with E-state index in [0.717, 1.165) is 18.2 Å². The van der Waals surface area contributed by atoms with Crippen LogP contribution < -0.4 is 5.32 Å². The summed E-state index contributed by atoms with van der Waals surface area (Å²) in [5.74, 6) is -3.96. The van der Waals surface area contributed by atoms with E-state index >= 15 is 0 Å². The Bertz CT molecular complexity index is 1210. The van der Waals surface area contributed by atoms with E-state index in [4.69, 9.17) is 11.6 Å². The number of nitrogens with one attached hydrogen (secondary N) is 1. The van der Waals surface area contributed by atoms with E-state index in [1.807, 2.05) is 0 Å². The van der Waals surface area contributed by atoms with E-state index in [9.17, 15) is 37.3 Å². The van der Waals surface area contributed by atoms with Gasteiger partial charge in [0.05, 0.1) is 27.4 Å². The Hall–Kier alpha value is -2.11. The van der Waals surface area contributed by atoms with Gasteiger partial charge in [0, 0.05) is 17.3 Å². The highest BCUT2D eigenvalue weighted by Gasteiger charge is 2.58. The molecule has 0 aliphatic heterocycles. The number of carbonyl (C=O) groups is 1. The number of fused-ring (bicyclic) bond motifs is 2. The standard InChI is InChI=1S/C23H24ClF2NO6S/c24-17-5-1-12(22(30)27-15-4-6-18(25)19(26)10-15)7-20(17)34(32,33)16-8-13-2-3-14(9-16)23(13,31)21(29)11-28/h1,4-7,10,13-14,16,21,28-29,31H,2-3,8-9,11H2,(H,27,30)/t13-,14+,16-,21-,23-/m0/s1. The van der Waals surface area contributed by atoms with Crippen molar-refractivity contribution in [1.29, 1.82) is 0 Å². The number of anilines is 1. The third kappa shape index (κ3) is 4.22. The maximum atomic E-state index is 13.5. The average Bonchev–Trinajstić information content (AvgIpc) is 2.97. The van der Waals surface area contributed by atoms with Crippen molar-refractivity contribution < 1.29 is 37.3 Å². The molecule has 11 heteroatoms. The first-order valence-corrected chi connectivity index (χ1v) is 12.7. The summed E-state index contributed by atoms with van der Waals surface area (Å²) in [6.45, 7) is -0.623. The third-order valence-corrected chi connectivity index (χ3v) is 9.74. The minimum atomic E-state index is -4.02. The molecule has 7 nitrogen and oxygen atoms in total. The van der Waals surface area contributed by atoms with Gasteiger partial charge in [0.25, 0.3) is 5.91 Å². The van der Waals surface area contributed by atoms with Crippen molar-refractivity contribution in [3.05, 3.63) is 58.6 Å². The quantitative estimate of drug-likeness (QED) is 0.469. The Morgan fingerprint density at radius 3 is 2.35 bits per heavy atom. The van der Waals surface area contributed by atoms with Gasteiger partial charge >= 0.3 is 0 Å². The van der Waals surface area contributed by atoms with Crippen molar-refractivity contribution in [2.75, 3.05) is 11.9 Å². The fraction of sp³-hybridized carbons (Fsp3) is 0.435. The van der Waals surface area contributed by atoms with Crippen molar-refractivity contribution in [3.63, 3.8) is 0 Å². The maximum absolute atomic E-state index is 13.5. The van der Waals surface area contributed by atoms with E-state index in [-0.39, 0.29) is 34.0 Å². The SMILES string of the molecule is O=C(Nc1ccc(F)c(F)c1)c1ccc(Cl)c(S(=O)(=O)[C@@H]2C[C@H]3CC[C@@H](C2)[C@@]3(O)[C@@H](O)CO)c1. The summed E-state index contributed by atoms with van der Waals surface area (Å²) in [5, 5.41) is 31.9. The number of carbonyl (C=O) groups excluding carboxylic acids is 1. The van der Waals surface area contributed by atoms with E-state index in [0.29, 0.717) is 12.8 Å². The van der Waals surface area contributed by atoms with Crippen molar-refractivity contribution in [3.8, 4) is 0 Å². The van der Waals surface area contributed by atoms with E-state index in [1.165, 1.54) is 18.2 Å². The normalized spacial score (nSPS) is 27.4. The lowest BCUT2D eigenvalue weighted by molar-refractivity contribution is -0.154. The molecular formula is C23H24ClF2NO6S. The van der Waals surface area contributed by atoms with Gasteiger partial charge in [-0.1, -0.05) is 11.6 Å². The molecule has 2 aliphatic carbocycles. The minimum absolute atomic E-state index is 0.00570. The van der Waals surface area contributed by atoms with Gasteiger partial charge in [0.1, 0.15) is 6.10 Å². The second kappa shape index (κ2) is 9.16. The van der Waals surface area contributed by atoms with Crippen LogP contribution >= 0.6 is 11.6 Å². The van der Waals surface area contributed by atoms with Crippen LogP contribution in [-0.2, 0) is 9.84 Å². The molecule has 184 valence electrons. The fourth-order valence-corrected chi connectivity index (χ4v) is 7.71. The molecule has 2 bridgehead atoms. The molecule has 0 heterocycles. The van der Waals surface area contributed by atoms with E-state index in [1.54, 1.807) is 0 Å². The predicted octanol–water partition coefficient (Wildman–Crippen LogP) is 2.92. The molecule has 0 unspecified atom stereocenters. The van der Waals surface area contributed by atoms with Gasteiger partial charge in [0.15, 0.2) is 21.5 Å². The molecule has 2 fully saturated rings. The first-order chi connectivity index (χ1) is 16.0. The lowest BCUT2D eigenvalue weighted by atomic mass is 9.71. The van der Waals surface area contributed by atoms with Gasteiger partial charge in [0.2, 0.25) is 0 Å². The van der Waals surface area contributed by atoms with Gasteiger partial charge < -0.3 is 20.6 Å². The number of hydrogen-bond acceptors (Lipinski definition) is 6. The van der Waals surface area contributed by atoms with Crippen LogP contribution in [0.15, 0.2) is 41.3 Å². The Kier molecular flexibility index (Phi) is 6.73. The summed E-state index contributed by atoms with van der Waals surface area (Å²) in [5.41, 5.74) is -1.59. The number of aliphatic hydroxyl groups excluding tert-OH is 2. The molecule has 0 saturated heterocycles. The number of hydrogen-bond donors (Lipinski definition) is 4. The number of halogens is 3. The van der Waals surface area contributed by atoms with Crippen LogP contribution in [0, 0.1) is 23.5 Å². The number of aliphatic hydroxyl groups is 3. The first-order valence-electron chi connectivity index (χ1n) is 10.8. The Balaban J connectivity index is 1.59. The van der Waals surface area contributed by atoms with Gasteiger partial charge in [-0.2, -0.15) is 0 Å². The molecule has 4 rings (SSSR count). The average molecular weight is 516 g/mol. The second-order valence-electron chi connectivity index (χ2n) is 8.92. The minimum Gasteiger partial charge on any atom is -0.394 e. The van der Waals surface area contributed by atoms with Crippen LogP contribution in [0.2, 0.25) is 5.02 Å². The van der Waals surface area contributed by atoms with Crippen LogP contribution in [0.25, 0.3) is 0 Å². The second-order valence-corrected chi connectivity index (χ2v) is 11.5. The van der Waals surface area contributed by atoms with Gasteiger partial charge in [-0.25, -0.2) is 17.2 Å². The largest absolute Gasteiger partial charge is 0.394 e. The first kappa shape index (κ1) is 25.0. The van der Waals surface area contributed by atoms with Crippen molar-refractivity contribution in [1.82, 2.24) is 0 Å². The highest BCUT2D eigenvalue weighted by molar-refractivity contribution is 7.92. The Labute approximate surface area is 200 Å². The summed E-state index contributed by atoms with van der Waals surface area (Å²) in [6, 6.07) is 6.56. The highest BCUT2D eigenvalue weighted by Crippen LogP contribution is 2.53. The molecule has 2 saturated carbocycles. The molecule has 5 atom stereocenters. The predicted molar refractivity (Wildman–Crippen MR) is 120 cm³/mol. The van der Waals surface area contributed by atoms with Gasteiger partial charge in [-0.3, -0.25) is 4.79 Å². The summed E-state index contributed by atoms with van der Waals surface area (Å²) in [6.07, 6.45) is -0.161. The highest BCUT2D eigenvalue weighted by atomic mass is 35.5. The number of amides is 1. The fourth-order valence-electron chi connectivity index (χ4n) is 5.31. The number of rotatable bonds is 6. The van der Waals surface area contributed by atoms with E-state index < -0.39 is 62.8 Å². The van der Waals surface area contributed by atoms with Crippen molar-refractivity contribution in [2.45, 2.75) is 47.5 Å². The topological polar surface area (TPSA) is 124 Å². The van der Waals surface area contributed by atoms with Crippen LogP contribution in [0.4, 0.5) is 14.5 Å². The van der Waals surface area contributed by atoms with Crippen LogP contribution in [-0.4, -0.2) is 53.2 Å². The molecular weight excluding hydrogens is 492 g/mol. The van der Waals surface area contributed by atoms with Crippen LogP contribution in [0.3, 0.4) is 0 Å². The van der Waals surface area contributed by atoms with Gasteiger partial charge in [-0.15, -0.1) is 0 Å². The van der Waals surface area contributed by atoms with Gasteiger partial charge in [-0.05, 0) is 67.9 Å². The molecule has 34 heavy (non-hydrogen) atoms. The van der Waals surface area contributed by atoms with Crippen LogP contribution in [0.1, 0.15) is 36.0 Å². The van der Waals surface area contributed by atoms with Crippen LogP contribution in [0.5, 0.6) is 0 Å². The molecule has 0 spiro atoms. The Morgan fingerprint density at radius 2 is 1.76 bits per heavy atom. The smallest absolute Gasteiger partial charge is 0.255 e. The van der Waals surface area contributed by atoms with Crippen molar-refractivity contribution >= 4 is 33.0 Å². The third-order valence-electron chi connectivity index (χ3n) is 7.09. The molecule has 1 amide bonds. The monoisotopic (exact) mass is 515 g/mol. The maximum Gasteiger partial charge on any atom is 0.255 e. The number of sulfone groups is 1. The van der Waals surface area contributed by atoms with E-state index in [2.05, 4.69) is 5.32 Å². The zero-order valence-electron chi connectivity index (χ0n) is 17.9.